The van der Waals surface area contributed by atoms with Gasteiger partial charge in [-0.1, -0.05) is 30.3 Å². The molecule has 2 rings (SSSR count). The van der Waals surface area contributed by atoms with Crippen molar-refractivity contribution < 1.29 is 20.1 Å². The number of aromatic hydroxyl groups is 2. The van der Waals surface area contributed by atoms with Crippen LogP contribution in [0.3, 0.4) is 0 Å². The molecule has 0 heterocycles. The second-order valence-electron chi connectivity index (χ2n) is 4.55. The predicted octanol–water partition coefficient (Wildman–Crippen LogP) is 0.878. The van der Waals surface area contributed by atoms with Crippen LogP contribution >= 0.6 is 0 Å². The average Bonchev–Trinajstić information content (AvgIpc) is 2.46. The summed E-state index contributed by atoms with van der Waals surface area (Å²) in [5.41, 5.74) is 1.16. The van der Waals surface area contributed by atoms with Crippen LogP contribution in [0.25, 0.3) is 0 Å². The number of carbonyl (C=O) groups is 1. The molecule has 2 aromatic carbocycles. The number of aliphatic imine (C=N–C) groups is 1. The van der Waals surface area contributed by atoms with Gasteiger partial charge < -0.3 is 20.1 Å². The molecule has 0 saturated carbocycles. The zero-order chi connectivity index (χ0) is 15.2. The molecular formula is C16H14NO4-. The Bertz CT molecular complexity index is 653. The van der Waals surface area contributed by atoms with Crippen LogP contribution in [0.2, 0.25) is 0 Å². The second kappa shape index (κ2) is 6.56. The van der Waals surface area contributed by atoms with E-state index in [-0.39, 0.29) is 17.9 Å². The topological polar surface area (TPSA) is 93.0 Å². The summed E-state index contributed by atoms with van der Waals surface area (Å²) >= 11 is 0. The van der Waals surface area contributed by atoms with Crippen LogP contribution in [0.15, 0.2) is 53.5 Å². The van der Waals surface area contributed by atoms with Crippen molar-refractivity contribution in [2.24, 2.45) is 4.99 Å². The van der Waals surface area contributed by atoms with Crippen LogP contribution in [0.5, 0.6) is 11.5 Å². The highest BCUT2D eigenvalue weighted by Crippen LogP contribution is 2.21. The van der Waals surface area contributed by atoms with E-state index in [0.29, 0.717) is 5.56 Å². The monoisotopic (exact) mass is 284 g/mol. The van der Waals surface area contributed by atoms with E-state index in [0.717, 1.165) is 11.6 Å². The van der Waals surface area contributed by atoms with Gasteiger partial charge >= 0.3 is 0 Å². The molecule has 2 N–H and O–H groups in total. The number of benzene rings is 2. The Morgan fingerprint density at radius 1 is 1.19 bits per heavy atom. The Morgan fingerprint density at radius 2 is 1.90 bits per heavy atom. The van der Waals surface area contributed by atoms with Gasteiger partial charge in [0, 0.05) is 24.3 Å². The third-order valence-corrected chi connectivity index (χ3v) is 2.95. The van der Waals surface area contributed by atoms with Crippen LogP contribution in [0.1, 0.15) is 11.1 Å². The van der Waals surface area contributed by atoms with Crippen molar-refractivity contribution in [3.63, 3.8) is 0 Å². The van der Waals surface area contributed by atoms with Gasteiger partial charge in [0.1, 0.15) is 11.5 Å². The van der Waals surface area contributed by atoms with Crippen LogP contribution in [0, 0.1) is 0 Å². The van der Waals surface area contributed by atoms with Crippen molar-refractivity contribution in [3.05, 3.63) is 59.7 Å². The van der Waals surface area contributed by atoms with Crippen molar-refractivity contribution in [1.82, 2.24) is 0 Å². The van der Waals surface area contributed by atoms with Gasteiger partial charge in [-0.3, -0.25) is 4.99 Å². The minimum absolute atomic E-state index is 0.0783. The van der Waals surface area contributed by atoms with E-state index in [4.69, 9.17) is 0 Å². The van der Waals surface area contributed by atoms with Gasteiger partial charge in [-0.25, -0.2) is 0 Å². The van der Waals surface area contributed by atoms with Gasteiger partial charge in [-0.15, -0.1) is 0 Å². The highest BCUT2D eigenvalue weighted by Gasteiger charge is 2.09. The third kappa shape index (κ3) is 4.07. The lowest BCUT2D eigenvalue weighted by Crippen LogP contribution is -2.36. The average molecular weight is 284 g/mol. The van der Waals surface area contributed by atoms with Crippen LogP contribution in [-0.2, 0) is 11.2 Å². The zero-order valence-corrected chi connectivity index (χ0v) is 11.1. The Hall–Kier alpha value is -2.82. The molecule has 0 amide bonds. The van der Waals surface area contributed by atoms with Crippen molar-refractivity contribution in [3.8, 4) is 11.5 Å². The first-order valence-corrected chi connectivity index (χ1v) is 6.36. The molecule has 0 aliphatic heterocycles. The first kappa shape index (κ1) is 14.6. The summed E-state index contributed by atoms with van der Waals surface area (Å²) in [5.74, 6) is -1.53. The largest absolute Gasteiger partial charge is 0.548 e. The van der Waals surface area contributed by atoms with E-state index >= 15 is 0 Å². The smallest absolute Gasteiger partial charge is 0.128 e. The number of carboxylic acids is 1. The number of nitrogens with zero attached hydrogens (tertiary/aromatic N) is 1. The summed E-state index contributed by atoms with van der Waals surface area (Å²) in [6.07, 6.45) is 1.47. The molecule has 108 valence electrons. The molecular weight excluding hydrogens is 270 g/mol. The lowest BCUT2D eigenvalue weighted by molar-refractivity contribution is -0.307. The summed E-state index contributed by atoms with van der Waals surface area (Å²) in [6.45, 7) is 0. The van der Waals surface area contributed by atoms with Crippen LogP contribution in [-0.4, -0.2) is 28.4 Å². The number of carboxylic acid groups (broad SMARTS) is 1. The molecule has 0 aliphatic carbocycles. The van der Waals surface area contributed by atoms with E-state index in [9.17, 15) is 20.1 Å². The fourth-order valence-corrected chi connectivity index (χ4v) is 1.85. The lowest BCUT2D eigenvalue weighted by Gasteiger charge is -2.13. The van der Waals surface area contributed by atoms with E-state index in [1.165, 1.54) is 18.3 Å². The SMILES string of the molecule is O=C([O-])[C@H](Cc1ccccc1)N=Cc1ccc(O)cc1O. The molecule has 2 aromatic rings. The molecule has 0 radical (unpaired) electrons. The molecule has 5 heteroatoms. The molecule has 21 heavy (non-hydrogen) atoms. The van der Waals surface area contributed by atoms with Crippen LogP contribution in [0.4, 0.5) is 0 Å². The Labute approximate surface area is 121 Å². The van der Waals surface area contributed by atoms with E-state index in [1.807, 2.05) is 30.3 Å². The summed E-state index contributed by atoms with van der Waals surface area (Å²) in [5, 5.41) is 29.9. The maximum Gasteiger partial charge on any atom is 0.128 e. The summed E-state index contributed by atoms with van der Waals surface area (Å²) in [4.78, 5) is 15.1. The van der Waals surface area contributed by atoms with Crippen molar-refractivity contribution in [2.45, 2.75) is 12.5 Å². The van der Waals surface area contributed by atoms with Crippen LogP contribution < -0.4 is 5.11 Å². The van der Waals surface area contributed by atoms with Gasteiger partial charge in [-0.05, 0) is 17.7 Å². The number of rotatable bonds is 5. The van der Waals surface area contributed by atoms with Gasteiger partial charge in [-0.2, -0.15) is 0 Å². The minimum atomic E-state index is -1.28. The predicted molar refractivity (Wildman–Crippen MR) is 76.3 cm³/mol. The highest BCUT2D eigenvalue weighted by atomic mass is 16.4. The summed E-state index contributed by atoms with van der Waals surface area (Å²) in [7, 11) is 0. The van der Waals surface area contributed by atoms with Gasteiger partial charge in [0.2, 0.25) is 0 Å². The lowest BCUT2D eigenvalue weighted by atomic mass is 10.1. The van der Waals surface area contributed by atoms with Gasteiger partial charge in [0.05, 0.1) is 12.0 Å². The van der Waals surface area contributed by atoms with E-state index in [1.54, 1.807) is 0 Å². The molecule has 0 aliphatic rings. The molecule has 0 saturated heterocycles. The Kier molecular flexibility index (Phi) is 4.56. The number of phenolic OH excluding ortho intramolecular Hbond substituents is 2. The molecule has 0 spiro atoms. The maximum absolute atomic E-state index is 11.1. The second-order valence-corrected chi connectivity index (χ2v) is 4.55. The zero-order valence-electron chi connectivity index (χ0n) is 11.1. The fourth-order valence-electron chi connectivity index (χ4n) is 1.85. The fraction of sp³-hybridized carbons (Fsp3) is 0.125. The van der Waals surface area contributed by atoms with Crippen molar-refractivity contribution in [1.29, 1.82) is 0 Å². The third-order valence-electron chi connectivity index (χ3n) is 2.95. The number of hydrogen-bond acceptors (Lipinski definition) is 5. The molecule has 0 bridgehead atoms. The van der Waals surface area contributed by atoms with E-state index in [2.05, 4.69) is 4.99 Å². The first-order valence-electron chi connectivity index (χ1n) is 6.36. The molecule has 0 aromatic heterocycles. The maximum atomic E-state index is 11.1. The molecule has 0 fully saturated rings. The highest BCUT2D eigenvalue weighted by molar-refractivity contribution is 5.86. The van der Waals surface area contributed by atoms with Crippen molar-refractivity contribution in [2.75, 3.05) is 0 Å². The number of hydrogen-bond donors (Lipinski definition) is 2. The summed E-state index contributed by atoms with van der Waals surface area (Å²) in [6, 6.07) is 12.0. The number of carbonyl (C=O) groups excluding carboxylic acids is 1. The summed E-state index contributed by atoms with van der Waals surface area (Å²) < 4.78 is 0. The van der Waals surface area contributed by atoms with Gasteiger partial charge in [0.25, 0.3) is 0 Å². The van der Waals surface area contributed by atoms with Crippen molar-refractivity contribution >= 4 is 12.2 Å². The molecule has 1 atom stereocenters. The number of phenols is 2. The number of aliphatic carboxylic acids is 1. The quantitative estimate of drug-likeness (QED) is 0.797. The normalized spacial score (nSPS) is 12.4. The Balaban J connectivity index is 2.16. The standard InChI is InChI=1S/C16H15NO4/c18-13-7-6-12(15(19)9-13)10-17-14(16(20)21)8-11-4-2-1-3-5-11/h1-7,9-10,14,18-19H,8H2,(H,20,21)/p-1/t14-/m0/s1. The Morgan fingerprint density at radius 3 is 2.52 bits per heavy atom. The minimum Gasteiger partial charge on any atom is -0.548 e. The van der Waals surface area contributed by atoms with Gasteiger partial charge in [0.15, 0.2) is 0 Å². The molecule has 0 unspecified atom stereocenters. The first-order chi connectivity index (χ1) is 10.1. The molecule has 5 nitrogen and oxygen atoms in total. The van der Waals surface area contributed by atoms with E-state index < -0.39 is 12.0 Å².